The minimum Gasteiger partial charge on any atom is -0.395 e. The molecule has 0 unspecified atom stereocenters. The minimum absolute atomic E-state index is 0.0371. The molecule has 1 heterocycles. The van der Waals surface area contributed by atoms with E-state index in [1.165, 1.54) is 7.05 Å². The van der Waals surface area contributed by atoms with Crippen molar-refractivity contribution >= 4 is 11.6 Å². The van der Waals surface area contributed by atoms with Crippen LogP contribution in [0.2, 0.25) is 0 Å². The van der Waals surface area contributed by atoms with Crippen molar-refractivity contribution in [2.75, 3.05) is 19.3 Å². The maximum atomic E-state index is 12.2. The first-order chi connectivity index (χ1) is 8.00. The Labute approximate surface area is 97.0 Å². The highest BCUT2D eigenvalue weighted by Gasteiger charge is 2.31. The van der Waals surface area contributed by atoms with Gasteiger partial charge in [0, 0.05) is 13.0 Å². The lowest BCUT2D eigenvalue weighted by Crippen LogP contribution is -2.32. The number of hydrogen-bond donors (Lipinski definition) is 2. The number of H-pyrrole nitrogens is 1. The fourth-order valence-corrected chi connectivity index (χ4v) is 1.68. The van der Waals surface area contributed by atoms with Gasteiger partial charge in [-0.1, -0.05) is 0 Å². The van der Waals surface area contributed by atoms with Gasteiger partial charge in [0.1, 0.15) is 0 Å². The predicted molar refractivity (Wildman–Crippen MR) is 57.9 cm³/mol. The molecule has 0 atom stereocenters. The number of nitrogens with one attached hydrogen (secondary N) is 1. The number of aromatic amines is 1. The molecule has 5 nitrogen and oxygen atoms in total. The van der Waals surface area contributed by atoms with Crippen LogP contribution in [0.25, 0.3) is 0 Å². The van der Waals surface area contributed by atoms with Crippen LogP contribution in [-0.2, 0) is 0 Å². The normalized spacial score (nSPS) is 15.3. The van der Waals surface area contributed by atoms with Crippen molar-refractivity contribution in [2.24, 2.45) is 0 Å². The number of rotatable bonds is 4. The Hall–Kier alpha value is -1.66. The predicted octanol–water partition coefficient (Wildman–Crippen LogP) is 1.21. The van der Waals surface area contributed by atoms with Crippen LogP contribution in [0, 0.1) is 0 Å². The van der Waals surface area contributed by atoms with Crippen molar-refractivity contribution < 1.29 is 13.6 Å². The summed E-state index contributed by atoms with van der Waals surface area (Å²) in [6.07, 6.45) is -0.521. The van der Waals surface area contributed by atoms with Crippen LogP contribution in [0.5, 0.6) is 0 Å². The smallest absolute Gasteiger partial charge is 0.276 e. The van der Waals surface area contributed by atoms with E-state index in [0.29, 0.717) is 11.6 Å². The molecular formula is C10H14F2N4O. The van der Waals surface area contributed by atoms with E-state index >= 15 is 0 Å². The van der Waals surface area contributed by atoms with Gasteiger partial charge in [-0.25, -0.2) is 8.78 Å². The van der Waals surface area contributed by atoms with Gasteiger partial charge in [-0.15, -0.1) is 0 Å². The maximum absolute atomic E-state index is 12.2. The van der Waals surface area contributed by atoms with Crippen molar-refractivity contribution in [2.45, 2.75) is 25.2 Å². The second-order valence-electron chi connectivity index (χ2n) is 4.25. The molecule has 1 aromatic heterocycles. The Morgan fingerprint density at radius 3 is 2.82 bits per heavy atom. The average molecular weight is 244 g/mol. The summed E-state index contributed by atoms with van der Waals surface area (Å²) >= 11 is 0. The molecule has 0 bridgehead atoms. The second-order valence-corrected chi connectivity index (χ2v) is 4.25. The number of hydrogen-bond acceptors (Lipinski definition) is 3. The van der Waals surface area contributed by atoms with Crippen LogP contribution in [0.4, 0.5) is 14.5 Å². The first-order valence-electron chi connectivity index (χ1n) is 5.38. The van der Waals surface area contributed by atoms with Crippen LogP contribution in [0.3, 0.4) is 0 Å². The molecule has 0 radical (unpaired) electrons. The highest BCUT2D eigenvalue weighted by atomic mass is 19.3. The SMILES string of the molecule is CN(CC(F)F)C(=O)c1n[nH]c(C2CC2)c1N. The lowest BCUT2D eigenvalue weighted by molar-refractivity contribution is 0.0616. The van der Waals surface area contributed by atoms with Gasteiger partial charge in [0.05, 0.1) is 17.9 Å². The second kappa shape index (κ2) is 4.31. The largest absolute Gasteiger partial charge is 0.395 e. The quantitative estimate of drug-likeness (QED) is 0.835. The standard InChI is InChI=1S/C10H14F2N4O/c1-16(4-6(11)12)10(17)9-7(13)8(14-15-9)5-2-3-5/h5-6H,2-4,13H2,1H3,(H,14,15). The van der Waals surface area contributed by atoms with Gasteiger partial charge in [0.25, 0.3) is 12.3 Å². The van der Waals surface area contributed by atoms with E-state index in [9.17, 15) is 13.6 Å². The van der Waals surface area contributed by atoms with Gasteiger partial charge >= 0.3 is 0 Å². The van der Waals surface area contributed by atoms with Gasteiger partial charge in [-0.3, -0.25) is 9.89 Å². The fraction of sp³-hybridized carbons (Fsp3) is 0.600. The monoisotopic (exact) mass is 244 g/mol. The van der Waals surface area contributed by atoms with Gasteiger partial charge in [-0.2, -0.15) is 5.10 Å². The average Bonchev–Trinajstić information content (AvgIpc) is 3.01. The highest BCUT2D eigenvalue weighted by Crippen LogP contribution is 2.42. The molecule has 1 aliphatic carbocycles. The summed E-state index contributed by atoms with van der Waals surface area (Å²) in [7, 11) is 1.30. The summed E-state index contributed by atoms with van der Waals surface area (Å²) in [5, 5.41) is 6.53. The number of nitrogens with zero attached hydrogens (tertiary/aromatic N) is 2. The molecule has 0 aliphatic heterocycles. The first kappa shape index (κ1) is 11.8. The number of carbonyl (C=O) groups is 1. The summed E-state index contributed by atoms with van der Waals surface area (Å²) < 4.78 is 24.3. The van der Waals surface area contributed by atoms with E-state index in [2.05, 4.69) is 10.2 Å². The van der Waals surface area contributed by atoms with E-state index in [4.69, 9.17) is 5.73 Å². The molecule has 3 N–H and O–H groups in total. The van der Waals surface area contributed by atoms with E-state index in [-0.39, 0.29) is 5.69 Å². The molecule has 1 fully saturated rings. The van der Waals surface area contributed by atoms with Crippen LogP contribution >= 0.6 is 0 Å². The maximum Gasteiger partial charge on any atom is 0.276 e. The van der Waals surface area contributed by atoms with E-state index in [1.807, 2.05) is 0 Å². The van der Waals surface area contributed by atoms with E-state index in [1.54, 1.807) is 0 Å². The lowest BCUT2D eigenvalue weighted by Gasteiger charge is -2.15. The lowest BCUT2D eigenvalue weighted by atomic mass is 10.2. The number of anilines is 1. The summed E-state index contributed by atoms with van der Waals surface area (Å²) in [6, 6.07) is 0. The Kier molecular flexibility index (Phi) is 2.99. The number of aromatic nitrogens is 2. The number of nitrogens with two attached hydrogens (primary N) is 1. The van der Waals surface area contributed by atoms with Crippen LogP contribution in [0.1, 0.15) is 34.9 Å². The molecule has 1 aliphatic rings. The Morgan fingerprint density at radius 2 is 2.29 bits per heavy atom. The molecule has 0 spiro atoms. The Morgan fingerprint density at radius 1 is 1.65 bits per heavy atom. The number of nitrogen functional groups attached to an aromatic ring is 1. The number of alkyl halides is 2. The zero-order valence-electron chi connectivity index (χ0n) is 9.41. The highest BCUT2D eigenvalue weighted by molar-refractivity contribution is 5.97. The molecule has 1 saturated carbocycles. The van der Waals surface area contributed by atoms with Crippen molar-refractivity contribution in [1.82, 2.24) is 15.1 Å². The molecule has 94 valence electrons. The van der Waals surface area contributed by atoms with Crippen LogP contribution in [0.15, 0.2) is 0 Å². The first-order valence-corrected chi connectivity index (χ1v) is 5.38. The van der Waals surface area contributed by atoms with Gasteiger partial charge in [0.2, 0.25) is 0 Å². The fourth-order valence-electron chi connectivity index (χ4n) is 1.68. The Bertz CT molecular complexity index is 428. The van der Waals surface area contributed by atoms with Crippen molar-refractivity contribution in [1.29, 1.82) is 0 Å². The van der Waals surface area contributed by atoms with Gasteiger partial charge in [-0.05, 0) is 12.8 Å². The van der Waals surface area contributed by atoms with Crippen LogP contribution in [-0.4, -0.2) is 41.0 Å². The van der Waals surface area contributed by atoms with Crippen molar-refractivity contribution in [3.8, 4) is 0 Å². The minimum atomic E-state index is -2.56. The molecule has 2 rings (SSSR count). The molecule has 7 heteroatoms. The van der Waals surface area contributed by atoms with Gasteiger partial charge in [0.15, 0.2) is 5.69 Å². The van der Waals surface area contributed by atoms with Crippen molar-refractivity contribution in [3.05, 3.63) is 11.4 Å². The molecule has 0 aromatic carbocycles. The van der Waals surface area contributed by atoms with E-state index in [0.717, 1.165) is 23.4 Å². The summed E-state index contributed by atoms with van der Waals surface area (Å²) in [4.78, 5) is 12.7. The molecule has 17 heavy (non-hydrogen) atoms. The third kappa shape index (κ3) is 2.37. The summed E-state index contributed by atoms with van der Waals surface area (Å²) in [5.74, 6) is -0.240. The van der Waals surface area contributed by atoms with E-state index < -0.39 is 18.9 Å². The summed E-state index contributed by atoms with van der Waals surface area (Å²) in [5.41, 5.74) is 6.86. The molecular weight excluding hydrogens is 230 g/mol. The van der Waals surface area contributed by atoms with Crippen LogP contribution < -0.4 is 5.73 Å². The number of amides is 1. The Balaban J connectivity index is 2.13. The summed E-state index contributed by atoms with van der Waals surface area (Å²) in [6.45, 7) is -0.621. The van der Waals surface area contributed by atoms with Gasteiger partial charge < -0.3 is 10.6 Å². The molecule has 1 aromatic rings. The molecule has 0 saturated heterocycles. The molecule has 1 amide bonds. The third-order valence-electron chi connectivity index (χ3n) is 2.78. The number of carbonyl (C=O) groups excluding carboxylic acids is 1. The zero-order chi connectivity index (χ0) is 12.6. The zero-order valence-corrected chi connectivity index (χ0v) is 9.41. The topological polar surface area (TPSA) is 75.0 Å². The third-order valence-corrected chi connectivity index (χ3v) is 2.78. The van der Waals surface area contributed by atoms with Crippen molar-refractivity contribution in [3.63, 3.8) is 0 Å². The number of halogens is 2.